The molecule has 6 heteroatoms. The van der Waals surface area contributed by atoms with Crippen LogP contribution in [0.2, 0.25) is 12.0 Å². The van der Waals surface area contributed by atoms with Crippen LogP contribution in [0.25, 0.3) is 0 Å². The molecular weight excluding hydrogens is 178 g/mol. The van der Waals surface area contributed by atoms with Crippen LogP contribution in [0.4, 0.5) is 5.69 Å². The molecule has 0 aliphatic rings. The SMILES string of the molecule is CBc1cnc(Cl)c([N+](=O)[O-])c1. The molecule has 0 saturated heterocycles. The minimum Gasteiger partial charge on any atom is -0.258 e. The third kappa shape index (κ3) is 1.74. The Morgan fingerprint density at radius 2 is 2.42 bits per heavy atom. The lowest BCUT2D eigenvalue weighted by Gasteiger charge is -1.96. The maximum absolute atomic E-state index is 10.4. The van der Waals surface area contributed by atoms with Crippen molar-refractivity contribution in [2.24, 2.45) is 0 Å². The Hall–Kier alpha value is -1.10. The number of hydrogen-bond donors (Lipinski definition) is 0. The molecule has 1 rings (SSSR count). The molecule has 1 aromatic heterocycles. The van der Waals surface area contributed by atoms with Gasteiger partial charge >= 0.3 is 5.69 Å². The van der Waals surface area contributed by atoms with Crippen LogP contribution >= 0.6 is 11.6 Å². The fourth-order valence-corrected chi connectivity index (χ4v) is 0.972. The molecule has 1 aromatic rings. The van der Waals surface area contributed by atoms with Gasteiger partial charge in [-0.3, -0.25) is 10.1 Å². The highest BCUT2D eigenvalue weighted by atomic mass is 35.5. The molecule has 0 unspecified atom stereocenters. The van der Waals surface area contributed by atoms with E-state index in [0.29, 0.717) is 7.28 Å². The average Bonchev–Trinajstić information content (AvgIpc) is 2.05. The molecule has 0 bridgehead atoms. The summed E-state index contributed by atoms with van der Waals surface area (Å²) < 4.78 is 0. The van der Waals surface area contributed by atoms with Gasteiger partial charge in [0, 0.05) is 12.3 Å². The van der Waals surface area contributed by atoms with Crippen molar-refractivity contribution >= 4 is 30.0 Å². The second-order valence-corrected chi connectivity index (χ2v) is 2.62. The van der Waals surface area contributed by atoms with Gasteiger partial charge in [0.1, 0.15) is 0 Å². The van der Waals surface area contributed by atoms with Crippen LogP contribution in [0.5, 0.6) is 0 Å². The quantitative estimate of drug-likeness (QED) is 0.295. The van der Waals surface area contributed by atoms with Crippen LogP contribution in [0.1, 0.15) is 0 Å². The van der Waals surface area contributed by atoms with E-state index in [1.54, 1.807) is 0 Å². The molecule has 62 valence electrons. The Bertz CT molecular complexity index is 318. The normalized spacial score (nSPS) is 9.50. The maximum Gasteiger partial charge on any atom is 0.305 e. The molecular formula is C6H6BClN2O2. The van der Waals surface area contributed by atoms with Gasteiger partial charge in [0.05, 0.1) is 4.92 Å². The molecule has 0 aliphatic carbocycles. The predicted octanol–water partition coefficient (Wildman–Crippen LogP) is 0.753. The molecule has 0 radical (unpaired) electrons. The molecule has 0 aliphatic heterocycles. The van der Waals surface area contributed by atoms with E-state index in [9.17, 15) is 10.1 Å². The first-order chi connectivity index (χ1) is 5.65. The second kappa shape index (κ2) is 3.54. The van der Waals surface area contributed by atoms with Gasteiger partial charge in [-0.2, -0.15) is 0 Å². The lowest BCUT2D eigenvalue weighted by molar-refractivity contribution is -0.384. The minimum absolute atomic E-state index is 0.0581. The highest BCUT2D eigenvalue weighted by Gasteiger charge is 2.13. The van der Waals surface area contributed by atoms with Crippen LogP contribution in [-0.2, 0) is 0 Å². The van der Waals surface area contributed by atoms with Crippen LogP contribution in [0.3, 0.4) is 0 Å². The number of aromatic nitrogens is 1. The first-order valence-corrected chi connectivity index (χ1v) is 3.81. The largest absolute Gasteiger partial charge is 0.305 e. The van der Waals surface area contributed by atoms with E-state index in [1.165, 1.54) is 12.3 Å². The van der Waals surface area contributed by atoms with Gasteiger partial charge in [0.15, 0.2) is 7.28 Å². The summed E-state index contributed by atoms with van der Waals surface area (Å²) in [4.78, 5) is 13.5. The zero-order valence-electron chi connectivity index (χ0n) is 6.45. The monoisotopic (exact) mass is 184 g/mol. The van der Waals surface area contributed by atoms with Gasteiger partial charge in [-0.15, -0.1) is 0 Å². The Morgan fingerprint density at radius 1 is 1.75 bits per heavy atom. The van der Waals surface area contributed by atoms with Gasteiger partial charge in [-0.25, -0.2) is 4.98 Å². The number of nitrogens with zero attached hydrogens (tertiary/aromatic N) is 2. The zero-order valence-corrected chi connectivity index (χ0v) is 7.21. The number of hydrogen-bond acceptors (Lipinski definition) is 3. The van der Waals surface area contributed by atoms with Crippen molar-refractivity contribution in [2.75, 3.05) is 0 Å². The fourth-order valence-electron chi connectivity index (χ4n) is 0.800. The summed E-state index contributed by atoms with van der Waals surface area (Å²) in [6.07, 6.45) is 1.54. The molecule has 0 spiro atoms. The highest BCUT2D eigenvalue weighted by Crippen LogP contribution is 2.18. The van der Waals surface area contributed by atoms with Crippen LogP contribution in [0.15, 0.2) is 12.3 Å². The average molecular weight is 184 g/mol. The third-order valence-corrected chi connectivity index (χ3v) is 1.77. The summed E-state index contributed by atoms with van der Waals surface area (Å²) in [5.41, 5.74) is 0.683. The van der Waals surface area contributed by atoms with Crippen molar-refractivity contribution in [2.45, 2.75) is 6.82 Å². The highest BCUT2D eigenvalue weighted by molar-refractivity contribution is 6.52. The van der Waals surface area contributed by atoms with E-state index in [-0.39, 0.29) is 10.8 Å². The van der Waals surface area contributed by atoms with Crippen LogP contribution in [0, 0.1) is 10.1 Å². The minimum atomic E-state index is -0.533. The van der Waals surface area contributed by atoms with Crippen LogP contribution in [-0.4, -0.2) is 17.2 Å². The summed E-state index contributed by atoms with van der Waals surface area (Å²) in [5.74, 6) is 0. The van der Waals surface area contributed by atoms with E-state index in [1.807, 2.05) is 6.82 Å². The maximum atomic E-state index is 10.4. The number of nitro groups is 1. The summed E-state index contributed by atoms with van der Waals surface area (Å²) in [7, 11) is 0.713. The molecule has 0 atom stereocenters. The second-order valence-electron chi connectivity index (χ2n) is 2.26. The van der Waals surface area contributed by atoms with Crippen molar-refractivity contribution in [1.82, 2.24) is 4.98 Å². The smallest absolute Gasteiger partial charge is 0.258 e. The molecule has 0 aromatic carbocycles. The third-order valence-electron chi connectivity index (χ3n) is 1.48. The molecule has 1 heterocycles. The van der Waals surface area contributed by atoms with Gasteiger partial charge < -0.3 is 0 Å². The Balaban J connectivity index is 3.17. The van der Waals surface area contributed by atoms with Crippen molar-refractivity contribution in [3.8, 4) is 0 Å². The van der Waals surface area contributed by atoms with E-state index in [0.717, 1.165) is 5.46 Å². The first kappa shape index (κ1) is 9.00. The Kier molecular flexibility index (Phi) is 2.65. The molecule has 0 N–H and O–H groups in total. The lowest BCUT2D eigenvalue weighted by Crippen LogP contribution is -2.12. The molecule has 0 fully saturated rings. The van der Waals surface area contributed by atoms with Crippen molar-refractivity contribution in [1.29, 1.82) is 0 Å². The van der Waals surface area contributed by atoms with E-state index < -0.39 is 4.92 Å². The number of pyridine rings is 1. The summed E-state index contributed by atoms with van der Waals surface area (Å²) in [6, 6.07) is 1.44. The van der Waals surface area contributed by atoms with E-state index in [4.69, 9.17) is 11.6 Å². The van der Waals surface area contributed by atoms with E-state index >= 15 is 0 Å². The molecule has 4 nitrogen and oxygen atoms in total. The molecule has 0 saturated carbocycles. The number of rotatable bonds is 2. The summed E-state index contributed by atoms with van der Waals surface area (Å²) in [6.45, 7) is 1.90. The fraction of sp³-hybridized carbons (Fsp3) is 0.167. The van der Waals surface area contributed by atoms with Gasteiger partial charge in [0.25, 0.3) is 0 Å². The lowest BCUT2D eigenvalue weighted by atomic mass is 9.74. The Labute approximate surface area is 75.0 Å². The van der Waals surface area contributed by atoms with Crippen molar-refractivity contribution in [3.63, 3.8) is 0 Å². The van der Waals surface area contributed by atoms with Gasteiger partial charge in [-0.05, 0) is 0 Å². The topological polar surface area (TPSA) is 56.0 Å². The van der Waals surface area contributed by atoms with Crippen molar-refractivity contribution in [3.05, 3.63) is 27.5 Å². The predicted molar refractivity (Wildman–Crippen MR) is 48.5 cm³/mol. The summed E-state index contributed by atoms with van der Waals surface area (Å²) >= 11 is 5.50. The molecule has 12 heavy (non-hydrogen) atoms. The van der Waals surface area contributed by atoms with Gasteiger partial charge in [-0.1, -0.05) is 23.9 Å². The number of halogens is 1. The van der Waals surface area contributed by atoms with Crippen molar-refractivity contribution < 1.29 is 4.92 Å². The summed E-state index contributed by atoms with van der Waals surface area (Å²) in [5, 5.41) is 10.3. The molecule has 0 amide bonds. The first-order valence-electron chi connectivity index (χ1n) is 3.44. The Morgan fingerprint density at radius 3 is 2.92 bits per heavy atom. The van der Waals surface area contributed by atoms with E-state index in [2.05, 4.69) is 4.98 Å². The van der Waals surface area contributed by atoms with Gasteiger partial charge in [0.2, 0.25) is 5.15 Å². The zero-order chi connectivity index (χ0) is 9.14. The standard InChI is InChI=1S/C6H6BClN2O2/c1-7-4-2-5(10(11)12)6(8)9-3-4/h2-3,7H,1H3. The van der Waals surface area contributed by atoms with Crippen LogP contribution < -0.4 is 5.46 Å².